The van der Waals surface area contributed by atoms with Crippen molar-refractivity contribution < 1.29 is 14.3 Å². The van der Waals surface area contributed by atoms with Gasteiger partial charge in [-0.15, -0.1) is 0 Å². The van der Waals surface area contributed by atoms with E-state index in [1.807, 2.05) is 4.90 Å². The smallest absolute Gasteiger partial charge is 0.156 e. The number of rotatable bonds is 2. The molecule has 2 rings (SSSR count). The molecule has 0 bridgehead atoms. The number of nitrogens with zero attached hydrogens (tertiary/aromatic N) is 1. The molecule has 3 nitrogen and oxygen atoms in total. The molecule has 0 aromatic heterocycles. The van der Waals surface area contributed by atoms with E-state index < -0.39 is 5.82 Å². The molecule has 0 amide bonds. The minimum absolute atomic E-state index is 0.263. The van der Waals surface area contributed by atoms with E-state index in [4.69, 9.17) is 0 Å². The van der Waals surface area contributed by atoms with Gasteiger partial charge in [0.1, 0.15) is 11.6 Å². The van der Waals surface area contributed by atoms with Gasteiger partial charge in [-0.1, -0.05) is 0 Å². The third kappa shape index (κ3) is 2.01. The minimum Gasteiger partial charge on any atom is -0.507 e. The van der Waals surface area contributed by atoms with Crippen LogP contribution in [0.3, 0.4) is 0 Å². The van der Waals surface area contributed by atoms with Crippen LogP contribution >= 0.6 is 0 Å². The Hall–Kier alpha value is -1.58. The molecule has 1 heterocycles. The number of hydrogen-bond donors (Lipinski definition) is 1. The highest BCUT2D eigenvalue weighted by Crippen LogP contribution is 2.28. The van der Waals surface area contributed by atoms with Crippen molar-refractivity contribution in [1.82, 2.24) is 0 Å². The predicted molar refractivity (Wildman–Crippen MR) is 59.5 cm³/mol. The highest BCUT2D eigenvalue weighted by atomic mass is 19.1. The van der Waals surface area contributed by atoms with Crippen molar-refractivity contribution in [2.45, 2.75) is 19.3 Å². The van der Waals surface area contributed by atoms with E-state index in [-0.39, 0.29) is 11.3 Å². The fraction of sp³-hybridized carbons (Fsp3) is 0.417. The number of piperidine rings is 1. The summed E-state index contributed by atoms with van der Waals surface area (Å²) in [6.07, 6.45) is 3.69. The van der Waals surface area contributed by atoms with Gasteiger partial charge in [-0.25, -0.2) is 4.39 Å². The van der Waals surface area contributed by atoms with Crippen molar-refractivity contribution >= 4 is 12.0 Å². The summed E-state index contributed by atoms with van der Waals surface area (Å²) < 4.78 is 13.4. The van der Waals surface area contributed by atoms with Crippen molar-refractivity contribution in [3.05, 3.63) is 23.5 Å². The van der Waals surface area contributed by atoms with Gasteiger partial charge in [0.05, 0.1) is 5.56 Å². The van der Waals surface area contributed by atoms with Crippen LogP contribution in [0.1, 0.15) is 29.6 Å². The molecule has 86 valence electrons. The number of aromatic hydroxyl groups is 1. The van der Waals surface area contributed by atoms with Crippen molar-refractivity contribution in [2.75, 3.05) is 18.0 Å². The van der Waals surface area contributed by atoms with E-state index in [0.717, 1.165) is 25.9 Å². The van der Waals surface area contributed by atoms with Crippen molar-refractivity contribution in [1.29, 1.82) is 0 Å². The van der Waals surface area contributed by atoms with E-state index in [1.165, 1.54) is 18.6 Å². The highest BCUT2D eigenvalue weighted by Gasteiger charge is 2.15. The third-order valence-electron chi connectivity index (χ3n) is 2.93. The Morgan fingerprint density at radius 3 is 2.50 bits per heavy atom. The molecule has 0 spiro atoms. The van der Waals surface area contributed by atoms with Crippen LogP contribution in [0.4, 0.5) is 10.1 Å². The van der Waals surface area contributed by atoms with Gasteiger partial charge in [-0.3, -0.25) is 4.79 Å². The Morgan fingerprint density at radius 1 is 1.25 bits per heavy atom. The van der Waals surface area contributed by atoms with Crippen molar-refractivity contribution in [2.24, 2.45) is 0 Å². The lowest BCUT2D eigenvalue weighted by molar-refractivity contribution is 0.111. The monoisotopic (exact) mass is 223 g/mol. The lowest BCUT2D eigenvalue weighted by Gasteiger charge is -2.29. The molecule has 0 radical (unpaired) electrons. The first-order valence-corrected chi connectivity index (χ1v) is 5.45. The largest absolute Gasteiger partial charge is 0.507 e. The molecule has 0 unspecified atom stereocenters. The molecular formula is C12H14FNO2. The van der Waals surface area contributed by atoms with Crippen LogP contribution in [0.15, 0.2) is 12.1 Å². The Bertz CT molecular complexity index is 377. The number of benzene rings is 1. The zero-order chi connectivity index (χ0) is 11.5. The van der Waals surface area contributed by atoms with E-state index in [2.05, 4.69) is 0 Å². The summed E-state index contributed by atoms with van der Waals surface area (Å²) in [5.74, 6) is -0.939. The van der Waals surface area contributed by atoms with Gasteiger partial charge in [0.2, 0.25) is 0 Å². The standard InChI is InChI=1S/C12H14FNO2/c13-11-6-9(7-12(16)10(11)8-15)14-4-2-1-3-5-14/h6-8,16H,1-5H2. The summed E-state index contributed by atoms with van der Waals surface area (Å²) in [6, 6.07) is 2.77. The van der Waals surface area contributed by atoms with E-state index in [9.17, 15) is 14.3 Å². The summed E-state index contributed by atoms with van der Waals surface area (Å²) in [6.45, 7) is 1.75. The number of carbonyl (C=O) groups is 1. The second-order valence-corrected chi connectivity index (χ2v) is 4.03. The fourth-order valence-corrected chi connectivity index (χ4v) is 2.04. The average molecular weight is 223 g/mol. The second kappa shape index (κ2) is 4.51. The fourth-order valence-electron chi connectivity index (χ4n) is 2.04. The molecule has 0 aliphatic carbocycles. The molecule has 1 fully saturated rings. The van der Waals surface area contributed by atoms with Crippen LogP contribution in [0, 0.1) is 5.82 Å². The summed E-state index contributed by atoms with van der Waals surface area (Å²) in [7, 11) is 0. The third-order valence-corrected chi connectivity index (χ3v) is 2.93. The van der Waals surface area contributed by atoms with Crippen LogP contribution in [-0.2, 0) is 0 Å². The maximum Gasteiger partial charge on any atom is 0.156 e. The topological polar surface area (TPSA) is 40.5 Å². The van der Waals surface area contributed by atoms with Crippen LogP contribution in [0.5, 0.6) is 5.75 Å². The number of phenols is 1. The Kier molecular flexibility index (Phi) is 3.08. The Labute approximate surface area is 93.5 Å². The minimum atomic E-state index is -0.657. The van der Waals surface area contributed by atoms with Gasteiger partial charge in [-0.2, -0.15) is 0 Å². The quantitative estimate of drug-likeness (QED) is 0.782. The van der Waals surface area contributed by atoms with Gasteiger partial charge in [0.15, 0.2) is 6.29 Å². The molecule has 1 aliphatic heterocycles. The van der Waals surface area contributed by atoms with Crippen LogP contribution in [0.25, 0.3) is 0 Å². The van der Waals surface area contributed by atoms with Gasteiger partial charge in [0.25, 0.3) is 0 Å². The van der Waals surface area contributed by atoms with Crippen LogP contribution in [-0.4, -0.2) is 24.5 Å². The molecule has 1 N–H and O–H groups in total. The molecule has 0 saturated carbocycles. The first-order chi connectivity index (χ1) is 7.72. The summed E-state index contributed by atoms with van der Waals surface area (Å²) in [5.41, 5.74) is 0.390. The average Bonchev–Trinajstić information content (AvgIpc) is 2.30. The second-order valence-electron chi connectivity index (χ2n) is 4.03. The van der Waals surface area contributed by atoms with E-state index in [0.29, 0.717) is 12.0 Å². The van der Waals surface area contributed by atoms with Gasteiger partial charge in [-0.05, 0) is 25.3 Å². The lowest BCUT2D eigenvalue weighted by atomic mass is 10.1. The van der Waals surface area contributed by atoms with Gasteiger partial charge < -0.3 is 10.0 Å². The zero-order valence-corrected chi connectivity index (χ0v) is 8.95. The number of hydrogen-bond acceptors (Lipinski definition) is 3. The number of anilines is 1. The summed E-state index contributed by atoms with van der Waals surface area (Å²) in [4.78, 5) is 12.6. The SMILES string of the molecule is O=Cc1c(O)cc(N2CCCCC2)cc1F. The van der Waals surface area contributed by atoms with E-state index in [1.54, 1.807) is 0 Å². The number of aldehydes is 1. The number of phenolic OH excluding ortho intramolecular Hbond substituents is 1. The van der Waals surface area contributed by atoms with Gasteiger partial charge in [0, 0.05) is 24.8 Å². The molecule has 4 heteroatoms. The molecule has 16 heavy (non-hydrogen) atoms. The Balaban J connectivity index is 2.31. The highest BCUT2D eigenvalue weighted by molar-refractivity contribution is 5.81. The van der Waals surface area contributed by atoms with Gasteiger partial charge >= 0.3 is 0 Å². The first-order valence-electron chi connectivity index (χ1n) is 5.45. The zero-order valence-electron chi connectivity index (χ0n) is 8.95. The molecular weight excluding hydrogens is 209 g/mol. The van der Waals surface area contributed by atoms with Crippen LogP contribution in [0.2, 0.25) is 0 Å². The molecule has 1 aromatic carbocycles. The van der Waals surface area contributed by atoms with Crippen molar-refractivity contribution in [3.8, 4) is 5.75 Å². The number of carbonyl (C=O) groups excluding carboxylic acids is 1. The Morgan fingerprint density at radius 2 is 1.94 bits per heavy atom. The normalized spacial score (nSPS) is 16.2. The summed E-state index contributed by atoms with van der Waals surface area (Å²) >= 11 is 0. The van der Waals surface area contributed by atoms with E-state index >= 15 is 0 Å². The molecule has 0 atom stereocenters. The first kappa shape index (κ1) is 10.9. The molecule has 1 saturated heterocycles. The molecule has 1 aliphatic rings. The predicted octanol–water partition coefficient (Wildman–Crippen LogP) is 2.33. The number of halogens is 1. The maximum absolute atomic E-state index is 13.4. The maximum atomic E-state index is 13.4. The van der Waals surface area contributed by atoms with Crippen molar-refractivity contribution in [3.63, 3.8) is 0 Å². The summed E-state index contributed by atoms with van der Waals surface area (Å²) in [5, 5.41) is 9.50. The lowest BCUT2D eigenvalue weighted by Crippen LogP contribution is -2.29. The van der Waals surface area contributed by atoms with Crippen LogP contribution < -0.4 is 4.90 Å². The molecule has 1 aromatic rings.